The van der Waals surface area contributed by atoms with Crippen LogP contribution in [-0.4, -0.2) is 42.7 Å². The Morgan fingerprint density at radius 2 is 1.61 bits per heavy atom. The van der Waals surface area contributed by atoms with Gasteiger partial charge in [-0.15, -0.1) is 0 Å². The first-order valence-electron chi connectivity index (χ1n) is 14.0. The van der Waals surface area contributed by atoms with E-state index in [1.165, 1.54) is 16.2 Å². The van der Waals surface area contributed by atoms with E-state index in [1.807, 2.05) is 20.8 Å². The molecule has 38 heavy (non-hydrogen) atoms. The van der Waals surface area contributed by atoms with Crippen LogP contribution >= 0.6 is 23.5 Å². The summed E-state index contributed by atoms with van der Waals surface area (Å²) in [7, 11) is 0. The Bertz CT molecular complexity index is 1170. The molecule has 1 atom stereocenters. The van der Waals surface area contributed by atoms with Gasteiger partial charge in [-0.1, -0.05) is 92.7 Å². The SMILES string of the molecule is CCOC(=O)C(OC(C)(C)C#CCN(CC)CC)(c1cccc2c1Sc1ccccc1S2)C1CCCCC1. The molecule has 1 unspecified atom stereocenters. The van der Waals surface area contributed by atoms with Crippen LogP contribution in [0.3, 0.4) is 0 Å². The number of hydrogen-bond donors (Lipinski definition) is 0. The number of carbonyl (C=O) groups excluding carboxylic acids is 1. The van der Waals surface area contributed by atoms with Crippen molar-refractivity contribution in [2.45, 2.75) is 97.5 Å². The average molecular weight is 552 g/mol. The highest BCUT2D eigenvalue weighted by atomic mass is 32.2. The van der Waals surface area contributed by atoms with Gasteiger partial charge in [0.05, 0.1) is 13.2 Å². The number of benzene rings is 2. The second-order valence-corrected chi connectivity index (χ2v) is 12.6. The van der Waals surface area contributed by atoms with Crippen LogP contribution < -0.4 is 0 Å². The normalized spacial score (nSPS) is 17.1. The molecule has 0 radical (unpaired) electrons. The molecule has 1 heterocycles. The van der Waals surface area contributed by atoms with E-state index in [1.54, 1.807) is 23.5 Å². The maximum absolute atomic E-state index is 14.2. The van der Waals surface area contributed by atoms with Crippen molar-refractivity contribution >= 4 is 29.5 Å². The van der Waals surface area contributed by atoms with Crippen LogP contribution in [0.15, 0.2) is 62.0 Å². The van der Waals surface area contributed by atoms with E-state index in [4.69, 9.17) is 9.47 Å². The van der Waals surface area contributed by atoms with Crippen molar-refractivity contribution in [3.63, 3.8) is 0 Å². The molecule has 1 fully saturated rings. The van der Waals surface area contributed by atoms with E-state index >= 15 is 0 Å². The Morgan fingerprint density at radius 3 is 2.26 bits per heavy atom. The Labute approximate surface area is 237 Å². The molecular weight excluding hydrogens is 510 g/mol. The maximum atomic E-state index is 14.2. The van der Waals surface area contributed by atoms with Crippen molar-refractivity contribution in [1.29, 1.82) is 0 Å². The molecule has 1 aliphatic heterocycles. The second-order valence-electron chi connectivity index (χ2n) is 10.5. The highest BCUT2D eigenvalue weighted by molar-refractivity contribution is 8.05. The average Bonchev–Trinajstić information content (AvgIpc) is 2.93. The van der Waals surface area contributed by atoms with Crippen LogP contribution in [0.4, 0.5) is 0 Å². The third-order valence-corrected chi connectivity index (χ3v) is 10.0. The minimum Gasteiger partial charge on any atom is -0.464 e. The Kier molecular flexibility index (Phi) is 9.92. The summed E-state index contributed by atoms with van der Waals surface area (Å²) < 4.78 is 12.9. The number of rotatable bonds is 9. The highest BCUT2D eigenvalue weighted by Crippen LogP contribution is 2.55. The molecule has 2 aromatic carbocycles. The summed E-state index contributed by atoms with van der Waals surface area (Å²) in [5.74, 6) is 6.45. The number of esters is 1. The topological polar surface area (TPSA) is 38.8 Å². The van der Waals surface area contributed by atoms with Gasteiger partial charge < -0.3 is 9.47 Å². The van der Waals surface area contributed by atoms with Gasteiger partial charge in [-0.05, 0) is 64.9 Å². The van der Waals surface area contributed by atoms with Crippen molar-refractivity contribution < 1.29 is 14.3 Å². The van der Waals surface area contributed by atoms with E-state index in [2.05, 4.69) is 73.1 Å². The van der Waals surface area contributed by atoms with Crippen molar-refractivity contribution in [1.82, 2.24) is 4.90 Å². The molecule has 0 bridgehead atoms. The molecule has 1 saturated carbocycles. The third kappa shape index (κ3) is 6.28. The molecule has 4 nitrogen and oxygen atoms in total. The molecule has 204 valence electrons. The Morgan fingerprint density at radius 1 is 0.947 bits per heavy atom. The maximum Gasteiger partial charge on any atom is 0.343 e. The first-order chi connectivity index (χ1) is 18.3. The summed E-state index contributed by atoms with van der Waals surface area (Å²) in [6, 6.07) is 14.8. The third-order valence-electron chi connectivity index (χ3n) is 7.42. The molecular formula is C32H41NO3S2. The van der Waals surface area contributed by atoms with Gasteiger partial charge in [0.15, 0.2) is 5.60 Å². The summed E-state index contributed by atoms with van der Waals surface area (Å²) >= 11 is 3.50. The lowest BCUT2D eigenvalue weighted by atomic mass is 9.72. The lowest BCUT2D eigenvalue weighted by Crippen LogP contribution is -2.52. The first kappa shape index (κ1) is 29.1. The molecule has 0 N–H and O–H groups in total. The number of nitrogens with zero attached hydrogens (tertiary/aromatic N) is 1. The van der Waals surface area contributed by atoms with Crippen LogP contribution in [0.1, 0.15) is 72.3 Å². The van der Waals surface area contributed by atoms with Gasteiger partial charge in [-0.25, -0.2) is 4.79 Å². The van der Waals surface area contributed by atoms with Crippen molar-refractivity contribution in [3.05, 3.63) is 48.0 Å². The van der Waals surface area contributed by atoms with Gasteiger partial charge in [-0.2, -0.15) is 0 Å². The van der Waals surface area contributed by atoms with E-state index in [0.717, 1.165) is 54.1 Å². The summed E-state index contributed by atoms with van der Waals surface area (Å²) in [5, 5.41) is 0. The molecule has 0 amide bonds. The fraction of sp³-hybridized carbons (Fsp3) is 0.531. The number of fused-ring (bicyclic) bond motifs is 2. The zero-order chi connectivity index (χ0) is 27.2. The van der Waals surface area contributed by atoms with Crippen LogP contribution in [-0.2, 0) is 19.9 Å². The van der Waals surface area contributed by atoms with E-state index in [-0.39, 0.29) is 11.9 Å². The first-order valence-corrected chi connectivity index (χ1v) is 15.7. The number of ether oxygens (including phenoxy) is 2. The zero-order valence-corrected chi connectivity index (χ0v) is 25.1. The predicted octanol–water partition coefficient (Wildman–Crippen LogP) is 7.78. The van der Waals surface area contributed by atoms with Gasteiger partial charge in [0.25, 0.3) is 0 Å². The van der Waals surface area contributed by atoms with Crippen molar-refractivity contribution in [3.8, 4) is 11.8 Å². The predicted molar refractivity (Wildman–Crippen MR) is 157 cm³/mol. The van der Waals surface area contributed by atoms with Crippen LogP contribution in [0.2, 0.25) is 0 Å². The summed E-state index contributed by atoms with van der Waals surface area (Å²) in [5.41, 5.74) is -1.15. The lowest BCUT2D eigenvalue weighted by Gasteiger charge is -2.45. The molecule has 0 saturated heterocycles. The number of carbonyl (C=O) groups is 1. The molecule has 0 aromatic heterocycles. The summed E-state index contributed by atoms with van der Waals surface area (Å²) in [6.07, 6.45) is 5.22. The van der Waals surface area contributed by atoms with Gasteiger partial charge in [-0.3, -0.25) is 4.90 Å². The van der Waals surface area contributed by atoms with Crippen LogP contribution in [0, 0.1) is 17.8 Å². The molecule has 2 aromatic rings. The monoisotopic (exact) mass is 551 g/mol. The van der Waals surface area contributed by atoms with E-state index in [0.29, 0.717) is 13.2 Å². The number of hydrogen-bond acceptors (Lipinski definition) is 6. The summed E-state index contributed by atoms with van der Waals surface area (Å²) in [6.45, 7) is 13.0. The van der Waals surface area contributed by atoms with Crippen molar-refractivity contribution in [2.24, 2.45) is 5.92 Å². The highest BCUT2D eigenvalue weighted by Gasteiger charge is 2.54. The lowest BCUT2D eigenvalue weighted by molar-refractivity contribution is -0.204. The molecule has 6 heteroatoms. The standard InChI is InChI=1S/C32H41NO3S2/c1-6-33(7-2)23-15-22-31(4,5)36-32(30(34)35-8-3,24-16-10-9-11-17-24)25-18-14-21-28-29(25)38-27-20-13-12-19-26(27)37-28/h12-14,18-21,24H,6-11,16-17,23H2,1-5H3. The fourth-order valence-electron chi connectivity index (χ4n) is 5.50. The smallest absolute Gasteiger partial charge is 0.343 e. The van der Waals surface area contributed by atoms with Crippen LogP contribution in [0.25, 0.3) is 0 Å². The largest absolute Gasteiger partial charge is 0.464 e. The van der Waals surface area contributed by atoms with Crippen LogP contribution in [0.5, 0.6) is 0 Å². The quantitative estimate of drug-likeness (QED) is 0.200. The van der Waals surface area contributed by atoms with E-state index in [9.17, 15) is 4.79 Å². The second kappa shape index (κ2) is 13.0. The van der Waals surface area contributed by atoms with Crippen molar-refractivity contribution in [2.75, 3.05) is 26.2 Å². The van der Waals surface area contributed by atoms with Gasteiger partial charge in [0.2, 0.25) is 0 Å². The van der Waals surface area contributed by atoms with Gasteiger partial charge >= 0.3 is 5.97 Å². The minimum atomic E-state index is -1.23. The molecule has 2 aliphatic rings. The molecule has 4 rings (SSSR count). The van der Waals surface area contributed by atoms with E-state index < -0.39 is 11.2 Å². The van der Waals surface area contributed by atoms with Gasteiger partial charge in [0.1, 0.15) is 5.60 Å². The minimum absolute atomic E-state index is 0.0217. The van der Waals surface area contributed by atoms with Gasteiger partial charge in [0, 0.05) is 31.1 Å². The fourth-order valence-corrected chi connectivity index (χ4v) is 7.94. The molecule has 1 aliphatic carbocycles. The Hall–Kier alpha value is -1.91. The molecule has 0 spiro atoms. The zero-order valence-electron chi connectivity index (χ0n) is 23.5. The Balaban J connectivity index is 1.84. The summed E-state index contributed by atoms with van der Waals surface area (Å²) in [4.78, 5) is 21.2.